The van der Waals surface area contributed by atoms with E-state index in [0.717, 1.165) is 5.69 Å². The van der Waals surface area contributed by atoms with E-state index in [2.05, 4.69) is 205 Å². The summed E-state index contributed by atoms with van der Waals surface area (Å²) >= 11 is 0. The molecule has 0 bridgehead atoms. The summed E-state index contributed by atoms with van der Waals surface area (Å²) in [7, 11) is 0. The fourth-order valence-electron chi connectivity index (χ4n) is 9.02. The van der Waals surface area contributed by atoms with Crippen molar-refractivity contribution in [3.8, 4) is 33.6 Å². The molecule has 9 aromatic carbocycles. The lowest BCUT2D eigenvalue weighted by Crippen LogP contribution is -1.95. The molecule has 0 N–H and O–H groups in total. The first-order chi connectivity index (χ1) is 26.6. The van der Waals surface area contributed by atoms with Crippen molar-refractivity contribution in [3.63, 3.8) is 0 Å². The van der Waals surface area contributed by atoms with Gasteiger partial charge in [0.2, 0.25) is 0 Å². The maximum Gasteiger partial charge on any atom is 0.0543 e. The van der Waals surface area contributed by atoms with Gasteiger partial charge in [-0.2, -0.15) is 0 Å². The summed E-state index contributed by atoms with van der Waals surface area (Å²) in [5.41, 5.74) is 14.8. The molecule has 0 saturated heterocycles. The van der Waals surface area contributed by atoms with Gasteiger partial charge in [-0.05, 0) is 117 Å². The molecule has 0 aliphatic rings. The molecule has 0 spiro atoms. The monoisotopic (exact) mass is 688 g/mol. The molecule has 254 valence electrons. The Labute approximate surface area is 313 Å². The third-order valence-electron chi connectivity index (χ3n) is 11.4. The highest BCUT2D eigenvalue weighted by Gasteiger charge is 2.19. The largest absolute Gasteiger partial charge is 0.309 e. The number of hydrogen-bond donors (Lipinski definition) is 0. The fraction of sp³-hybridized carbons (Fsp3) is 0.0385. The first-order valence-electron chi connectivity index (χ1n) is 18.8. The normalized spacial score (nSPS) is 11.9. The molecular formula is C52H36N2. The van der Waals surface area contributed by atoms with E-state index in [1.54, 1.807) is 0 Å². The Kier molecular flexibility index (Phi) is 6.72. The van der Waals surface area contributed by atoms with Gasteiger partial charge in [-0.25, -0.2) is 0 Å². The second-order valence-electron chi connectivity index (χ2n) is 14.7. The van der Waals surface area contributed by atoms with Gasteiger partial charge < -0.3 is 9.13 Å². The molecule has 2 heterocycles. The fourth-order valence-corrected chi connectivity index (χ4v) is 9.02. The number of fused-ring (bicyclic) bond motifs is 8. The number of benzene rings is 9. The summed E-state index contributed by atoms with van der Waals surface area (Å²) < 4.78 is 4.82. The summed E-state index contributed by atoms with van der Waals surface area (Å²) in [4.78, 5) is 0. The van der Waals surface area contributed by atoms with Crippen molar-refractivity contribution >= 4 is 65.2 Å². The van der Waals surface area contributed by atoms with Crippen LogP contribution in [-0.2, 0) is 0 Å². The first kappa shape index (κ1) is 30.7. The summed E-state index contributed by atoms with van der Waals surface area (Å²) in [6.07, 6.45) is 0. The van der Waals surface area contributed by atoms with Crippen molar-refractivity contribution in [1.29, 1.82) is 0 Å². The average molecular weight is 689 g/mol. The van der Waals surface area contributed by atoms with Crippen LogP contribution in [0.25, 0.3) is 98.8 Å². The van der Waals surface area contributed by atoms with E-state index in [1.165, 1.54) is 104 Å². The van der Waals surface area contributed by atoms with E-state index in [0.29, 0.717) is 0 Å². The van der Waals surface area contributed by atoms with Crippen molar-refractivity contribution in [2.75, 3.05) is 0 Å². The molecule has 0 radical (unpaired) electrons. The van der Waals surface area contributed by atoms with Crippen LogP contribution in [-0.4, -0.2) is 9.13 Å². The van der Waals surface area contributed by atoms with E-state index >= 15 is 0 Å². The standard InChI is InChI=1S/C52H36N2/c1-33-19-29-41-42-30-20-34(2)32-50(42)54(49(41)31-33)38-27-23-36(24-28-38)52-45-15-5-3-13-43(45)51(44-14-4-6-16-46(44)52)35-21-25-37(26-22-35)53-47-17-9-7-11-39(47)40-12-8-10-18-48(40)53/h3-32H,1-2H3. The van der Waals surface area contributed by atoms with Gasteiger partial charge in [0, 0.05) is 32.9 Å². The molecule has 0 fully saturated rings. The smallest absolute Gasteiger partial charge is 0.0543 e. The molecule has 2 heteroatoms. The quantitative estimate of drug-likeness (QED) is 0.163. The molecule has 0 unspecified atom stereocenters. The Balaban J connectivity index is 1.07. The van der Waals surface area contributed by atoms with Crippen molar-refractivity contribution < 1.29 is 0 Å². The Hall–Kier alpha value is -6.90. The molecule has 11 rings (SSSR count). The van der Waals surface area contributed by atoms with Gasteiger partial charge in [-0.15, -0.1) is 0 Å². The van der Waals surface area contributed by atoms with Crippen molar-refractivity contribution in [2.24, 2.45) is 0 Å². The lowest BCUT2D eigenvalue weighted by molar-refractivity contribution is 1.17. The van der Waals surface area contributed by atoms with Crippen molar-refractivity contribution in [2.45, 2.75) is 13.8 Å². The van der Waals surface area contributed by atoms with Crippen LogP contribution >= 0.6 is 0 Å². The predicted octanol–water partition coefficient (Wildman–Crippen LogP) is 14.1. The minimum Gasteiger partial charge on any atom is -0.309 e. The van der Waals surface area contributed by atoms with Crippen LogP contribution in [0, 0.1) is 13.8 Å². The number of hydrogen-bond acceptors (Lipinski definition) is 0. The summed E-state index contributed by atoms with van der Waals surface area (Å²) in [6, 6.07) is 67.2. The Bertz CT molecular complexity index is 3100. The zero-order chi connectivity index (χ0) is 35.9. The maximum absolute atomic E-state index is 2.43. The highest BCUT2D eigenvalue weighted by atomic mass is 15.0. The number of aryl methyl sites for hydroxylation is 2. The van der Waals surface area contributed by atoms with E-state index < -0.39 is 0 Å². The van der Waals surface area contributed by atoms with Crippen LogP contribution in [0.4, 0.5) is 0 Å². The molecule has 11 aromatic rings. The van der Waals surface area contributed by atoms with E-state index in [4.69, 9.17) is 0 Å². The molecular weight excluding hydrogens is 653 g/mol. The van der Waals surface area contributed by atoms with Gasteiger partial charge in [0.1, 0.15) is 0 Å². The van der Waals surface area contributed by atoms with Crippen molar-refractivity contribution in [1.82, 2.24) is 9.13 Å². The molecule has 0 atom stereocenters. The average Bonchev–Trinajstić information content (AvgIpc) is 3.72. The Morgan fingerprint density at radius 3 is 0.981 bits per heavy atom. The second kappa shape index (κ2) is 11.8. The number of rotatable bonds is 4. The van der Waals surface area contributed by atoms with Crippen LogP contribution in [0.5, 0.6) is 0 Å². The SMILES string of the molecule is Cc1ccc2c3ccc(C)cc3n(-c3ccc(-c4c5ccccc5c(-c5ccc(-n6c7ccccc7c7ccccc76)cc5)c5ccccc45)cc3)c2c1. The van der Waals surface area contributed by atoms with Crippen LogP contribution in [0.2, 0.25) is 0 Å². The zero-order valence-electron chi connectivity index (χ0n) is 30.2. The van der Waals surface area contributed by atoms with Gasteiger partial charge in [0.05, 0.1) is 22.1 Å². The summed E-state index contributed by atoms with van der Waals surface area (Å²) in [6.45, 7) is 4.35. The Morgan fingerprint density at radius 1 is 0.278 bits per heavy atom. The molecule has 2 aromatic heterocycles. The number of nitrogens with zero attached hydrogens (tertiary/aromatic N) is 2. The number of aromatic nitrogens is 2. The van der Waals surface area contributed by atoms with Gasteiger partial charge in [0.15, 0.2) is 0 Å². The molecule has 2 nitrogen and oxygen atoms in total. The van der Waals surface area contributed by atoms with Crippen LogP contribution in [0.15, 0.2) is 182 Å². The van der Waals surface area contributed by atoms with Gasteiger partial charge in [-0.3, -0.25) is 0 Å². The maximum atomic E-state index is 2.43. The third-order valence-corrected chi connectivity index (χ3v) is 11.4. The molecule has 0 saturated carbocycles. The van der Waals surface area contributed by atoms with E-state index in [9.17, 15) is 0 Å². The lowest BCUT2D eigenvalue weighted by Gasteiger charge is -2.18. The Morgan fingerprint density at radius 2 is 0.593 bits per heavy atom. The van der Waals surface area contributed by atoms with Gasteiger partial charge in [-0.1, -0.05) is 133 Å². The minimum atomic E-state index is 1.16. The van der Waals surface area contributed by atoms with E-state index in [1.807, 2.05) is 0 Å². The van der Waals surface area contributed by atoms with E-state index in [-0.39, 0.29) is 0 Å². The molecule has 54 heavy (non-hydrogen) atoms. The highest BCUT2D eigenvalue weighted by molar-refractivity contribution is 6.21. The van der Waals surface area contributed by atoms with Crippen LogP contribution in [0.3, 0.4) is 0 Å². The van der Waals surface area contributed by atoms with Crippen LogP contribution in [0.1, 0.15) is 11.1 Å². The molecule has 0 amide bonds. The number of para-hydroxylation sites is 2. The third kappa shape index (κ3) is 4.53. The van der Waals surface area contributed by atoms with Gasteiger partial charge in [0.25, 0.3) is 0 Å². The summed E-state index contributed by atoms with van der Waals surface area (Å²) in [5.74, 6) is 0. The summed E-state index contributed by atoms with van der Waals surface area (Å²) in [5, 5.41) is 10.2. The topological polar surface area (TPSA) is 9.86 Å². The molecule has 0 aliphatic carbocycles. The predicted molar refractivity (Wildman–Crippen MR) is 230 cm³/mol. The zero-order valence-corrected chi connectivity index (χ0v) is 30.2. The van der Waals surface area contributed by atoms with Crippen LogP contribution < -0.4 is 0 Å². The second-order valence-corrected chi connectivity index (χ2v) is 14.7. The first-order valence-corrected chi connectivity index (χ1v) is 18.8. The molecule has 0 aliphatic heterocycles. The van der Waals surface area contributed by atoms with Crippen molar-refractivity contribution in [3.05, 3.63) is 193 Å². The highest BCUT2D eigenvalue weighted by Crippen LogP contribution is 2.44. The van der Waals surface area contributed by atoms with Gasteiger partial charge >= 0.3 is 0 Å². The lowest BCUT2D eigenvalue weighted by atomic mass is 9.86. The minimum absolute atomic E-state index is 1.16.